The van der Waals surface area contributed by atoms with Crippen molar-refractivity contribution in [3.8, 4) is 0 Å². The molecule has 2 amide bonds. The van der Waals surface area contributed by atoms with Crippen LogP contribution in [0.2, 0.25) is 5.02 Å². The summed E-state index contributed by atoms with van der Waals surface area (Å²) in [5, 5.41) is 3.43. The van der Waals surface area contributed by atoms with Crippen LogP contribution >= 0.6 is 11.6 Å². The molecule has 0 bridgehead atoms. The summed E-state index contributed by atoms with van der Waals surface area (Å²) in [7, 11) is 0. The van der Waals surface area contributed by atoms with E-state index < -0.39 is 0 Å². The van der Waals surface area contributed by atoms with Gasteiger partial charge in [-0.15, -0.1) is 0 Å². The second-order valence-corrected chi connectivity index (χ2v) is 7.51. The minimum Gasteiger partial charge on any atom is -0.324 e. The number of hydrogen-bond acceptors (Lipinski definition) is 2. The molecule has 0 aromatic heterocycles. The second-order valence-electron chi connectivity index (χ2n) is 7.10. The van der Waals surface area contributed by atoms with Crippen molar-refractivity contribution in [2.24, 2.45) is 5.92 Å². The maximum atomic E-state index is 12.7. The van der Waals surface area contributed by atoms with Gasteiger partial charge in [-0.1, -0.05) is 23.7 Å². The molecule has 1 aliphatic rings. The maximum absolute atomic E-state index is 12.7. The number of carbonyl (C=O) groups excluding carboxylic acids is 2. The highest BCUT2D eigenvalue weighted by atomic mass is 35.5. The fraction of sp³-hybridized carbons (Fsp3) is 0.333. The minimum atomic E-state index is -0.388. The third-order valence-electron chi connectivity index (χ3n) is 4.98. The Labute approximate surface area is 159 Å². The zero-order valence-corrected chi connectivity index (χ0v) is 16.3. The summed E-state index contributed by atoms with van der Waals surface area (Å²) in [6.07, 6.45) is 0.210. The molecule has 0 radical (unpaired) electrons. The van der Waals surface area contributed by atoms with Crippen molar-refractivity contribution in [2.45, 2.75) is 34.1 Å². The van der Waals surface area contributed by atoms with Gasteiger partial charge in [0, 0.05) is 18.7 Å². The first kappa shape index (κ1) is 18.5. The van der Waals surface area contributed by atoms with Crippen LogP contribution in [0.15, 0.2) is 30.3 Å². The van der Waals surface area contributed by atoms with Gasteiger partial charge in [0.25, 0.3) is 0 Å². The van der Waals surface area contributed by atoms with Crippen molar-refractivity contribution in [1.29, 1.82) is 0 Å². The van der Waals surface area contributed by atoms with Crippen molar-refractivity contribution in [3.63, 3.8) is 0 Å². The number of nitrogens with zero attached hydrogens (tertiary/aromatic N) is 1. The van der Waals surface area contributed by atoms with Crippen molar-refractivity contribution >= 4 is 34.8 Å². The summed E-state index contributed by atoms with van der Waals surface area (Å²) in [4.78, 5) is 26.8. The molecule has 0 aliphatic carbocycles. The summed E-state index contributed by atoms with van der Waals surface area (Å²) in [5.41, 5.74) is 5.74. The molecule has 1 saturated heterocycles. The molecule has 1 unspecified atom stereocenters. The highest BCUT2D eigenvalue weighted by Gasteiger charge is 2.35. The van der Waals surface area contributed by atoms with Crippen molar-refractivity contribution < 1.29 is 9.59 Å². The molecule has 3 rings (SSSR count). The molecule has 2 aromatic carbocycles. The van der Waals surface area contributed by atoms with E-state index in [1.807, 2.05) is 58.0 Å². The van der Waals surface area contributed by atoms with Gasteiger partial charge in [0.2, 0.25) is 11.8 Å². The highest BCUT2D eigenvalue weighted by Crippen LogP contribution is 2.30. The average molecular weight is 371 g/mol. The molecule has 0 saturated carbocycles. The summed E-state index contributed by atoms with van der Waals surface area (Å²) >= 11 is 6.28. The Morgan fingerprint density at radius 1 is 1.08 bits per heavy atom. The van der Waals surface area contributed by atoms with Crippen LogP contribution in [0.4, 0.5) is 11.4 Å². The largest absolute Gasteiger partial charge is 0.324 e. The number of aryl methyl sites for hydroxylation is 4. The van der Waals surface area contributed by atoms with Crippen LogP contribution in [0.1, 0.15) is 28.7 Å². The molecule has 2 aromatic rings. The molecule has 5 heteroatoms. The maximum Gasteiger partial charge on any atom is 0.229 e. The quantitative estimate of drug-likeness (QED) is 0.860. The van der Waals surface area contributed by atoms with E-state index in [1.165, 1.54) is 5.56 Å². The zero-order valence-electron chi connectivity index (χ0n) is 15.5. The van der Waals surface area contributed by atoms with Crippen LogP contribution in [-0.2, 0) is 9.59 Å². The van der Waals surface area contributed by atoms with Gasteiger partial charge in [0.15, 0.2) is 0 Å². The topological polar surface area (TPSA) is 49.4 Å². The average Bonchev–Trinajstić information content (AvgIpc) is 2.95. The number of hydrogen-bond donors (Lipinski definition) is 1. The van der Waals surface area contributed by atoms with Crippen molar-refractivity contribution in [3.05, 3.63) is 57.6 Å². The fourth-order valence-corrected chi connectivity index (χ4v) is 3.69. The Morgan fingerprint density at radius 3 is 2.46 bits per heavy atom. The van der Waals surface area contributed by atoms with Crippen LogP contribution in [0.25, 0.3) is 0 Å². The van der Waals surface area contributed by atoms with E-state index in [1.54, 1.807) is 4.90 Å². The minimum absolute atomic E-state index is 0.0277. The number of rotatable bonds is 3. The summed E-state index contributed by atoms with van der Waals surface area (Å²) in [6, 6.07) is 9.73. The predicted octanol–water partition coefficient (Wildman–Crippen LogP) is 4.57. The van der Waals surface area contributed by atoms with Gasteiger partial charge in [0.05, 0.1) is 16.6 Å². The molecular formula is C21H23ClN2O2. The first-order chi connectivity index (χ1) is 12.3. The first-order valence-corrected chi connectivity index (χ1v) is 9.09. The van der Waals surface area contributed by atoms with Gasteiger partial charge in [-0.3, -0.25) is 9.59 Å². The zero-order chi connectivity index (χ0) is 19.0. The molecular weight excluding hydrogens is 348 g/mol. The molecule has 0 spiro atoms. The van der Waals surface area contributed by atoms with Crippen LogP contribution in [0.5, 0.6) is 0 Å². The van der Waals surface area contributed by atoms with Crippen LogP contribution in [0.3, 0.4) is 0 Å². The van der Waals surface area contributed by atoms with Crippen LogP contribution in [-0.4, -0.2) is 18.4 Å². The van der Waals surface area contributed by atoms with Crippen molar-refractivity contribution in [1.82, 2.24) is 0 Å². The lowest BCUT2D eigenvalue weighted by Gasteiger charge is -2.18. The second kappa shape index (κ2) is 7.12. The Kier molecular flexibility index (Phi) is 5.05. The van der Waals surface area contributed by atoms with Crippen molar-refractivity contribution in [2.75, 3.05) is 16.8 Å². The van der Waals surface area contributed by atoms with E-state index >= 15 is 0 Å². The third-order valence-corrected chi connectivity index (χ3v) is 5.28. The fourth-order valence-electron chi connectivity index (χ4n) is 3.33. The number of nitrogens with one attached hydrogen (secondary N) is 1. The predicted molar refractivity (Wildman–Crippen MR) is 106 cm³/mol. The Balaban J connectivity index is 1.76. The van der Waals surface area contributed by atoms with E-state index in [-0.39, 0.29) is 24.2 Å². The normalized spacial score (nSPS) is 16.9. The molecule has 136 valence electrons. The summed E-state index contributed by atoms with van der Waals surface area (Å²) in [5.74, 6) is -0.584. The number of anilines is 2. The van der Waals surface area contributed by atoms with E-state index in [2.05, 4.69) is 5.32 Å². The highest BCUT2D eigenvalue weighted by molar-refractivity contribution is 6.34. The molecule has 1 atom stereocenters. The molecule has 1 aliphatic heterocycles. The Hall–Kier alpha value is -2.33. The number of halogens is 1. The SMILES string of the molecule is Cc1cc(C)c(NC(=O)C2CC(=O)N(c3ccc(C)c(C)c3)C2)c(Cl)c1. The van der Waals surface area contributed by atoms with Gasteiger partial charge >= 0.3 is 0 Å². The molecule has 1 N–H and O–H groups in total. The Morgan fingerprint density at radius 2 is 1.81 bits per heavy atom. The standard InChI is InChI=1S/C21H23ClN2O2/c1-12-7-15(4)20(18(22)8-12)23-21(26)16-10-19(25)24(11-16)17-6-5-13(2)14(3)9-17/h5-9,16H,10-11H2,1-4H3,(H,23,26). The number of amides is 2. The van der Waals surface area contributed by atoms with Gasteiger partial charge in [-0.25, -0.2) is 0 Å². The lowest BCUT2D eigenvalue weighted by Crippen LogP contribution is -2.28. The first-order valence-electron chi connectivity index (χ1n) is 8.71. The summed E-state index contributed by atoms with van der Waals surface area (Å²) in [6.45, 7) is 8.31. The summed E-state index contributed by atoms with van der Waals surface area (Å²) < 4.78 is 0. The van der Waals surface area contributed by atoms with Crippen LogP contribution in [0, 0.1) is 33.6 Å². The molecule has 1 heterocycles. The van der Waals surface area contributed by atoms with E-state index in [4.69, 9.17) is 11.6 Å². The van der Waals surface area contributed by atoms with E-state index in [0.717, 1.165) is 22.4 Å². The molecule has 1 fully saturated rings. The lowest BCUT2D eigenvalue weighted by atomic mass is 10.1. The van der Waals surface area contributed by atoms with E-state index in [9.17, 15) is 9.59 Å². The number of carbonyl (C=O) groups is 2. The van der Waals surface area contributed by atoms with Gasteiger partial charge in [-0.05, 0) is 68.1 Å². The molecule has 26 heavy (non-hydrogen) atoms. The smallest absolute Gasteiger partial charge is 0.229 e. The molecule has 4 nitrogen and oxygen atoms in total. The Bertz CT molecular complexity index is 869. The lowest BCUT2D eigenvalue weighted by molar-refractivity contribution is -0.122. The van der Waals surface area contributed by atoms with Crippen LogP contribution < -0.4 is 10.2 Å². The third kappa shape index (κ3) is 3.61. The number of benzene rings is 2. The van der Waals surface area contributed by atoms with Gasteiger partial charge in [0.1, 0.15) is 0 Å². The van der Waals surface area contributed by atoms with Gasteiger partial charge < -0.3 is 10.2 Å². The monoisotopic (exact) mass is 370 g/mol. The van der Waals surface area contributed by atoms with E-state index in [0.29, 0.717) is 17.3 Å². The van der Waals surface area contributed by atoms with Gasteiger partial charge in [-0.2, -0.15) is 0 Å².